The van der Waals surface area contributed by atoms with Crippen LogP contribution in [0, 0.1) is 0 Å². The van der Waals surface area contributed by atoms with Crippen LogP contribution in [0.5, 0.6) is 0 Å². The fraction of sp³-hybridized carbons (Fsp3) is 0.500. The lowest BCUT2D eigenvalue weighted by Gasteiger charge is -2.24. The summed E-state index contributed by atoms with van der Waals surface area (Å²) in [5.41, 5.74) is 0.424. The number of hydrogen-bond donors (Lipinski definition) is 2. The maximum atomic E-state index is 10.6. The summed E-state index contributed by atoms with van der Waals surface area (Å²) in [5.74, 6) is 0.224. The van der Waals surface area contributed by atoms with Crippen LogP contribution >= 0.6 is 0 Å². The predicted molar refractivity (Wildman–Crippen MR) is 52.6 cm³/mol. The second kappa shape index (κ2) is 3.74. The second-order valence-corrected chi connectivity index (χ2v) is 3.60. The highest BCUT2D eigenvalue weighted by molar-refractivity contribution is 5.87. The third kappa shape index (κ3) is 1.73. The van der Waals surface area contributed by atoms with Crippen LogP contribution in [0.3, 0.4) is 0 Å². The molecule has 0 spiro atoms. The third-order valence-corrected chi connectivity index (χ3v) is 2.62. The Balaban J connectivity index is 2.05. The van der Waals surface area contributed by atoms with Gasteiger partial charge in [-0.15, -0.1) is 0 Å². The molecule has 14 heavy (non-hydrogen) atoms. The molecule has 0 aliphatic carbocycles. The summed E-state index contributed by atoms with van der Waals surface area (Å²) >= 11 is 0. The van der Waals surface area contributed by atoms with E-state index in [4.69, 9.17) is 5.11 Å². The Kier molecular flexibility index (Phi) is 2.43. The molecule has 0 aromatic rings. The Bertz CT molecular complexity index is 301. The molecular weight excluding hydrogens is 180 g/mol. The summed E-state index contributed by atoms with van der Waals surface area (Å²) in [4.78, 5) is 12.9. The molecule has 4 nitrogen and oxygen atoms in total. The van der Waals surface area contributed by atoms with E-state index in [1.165, 1.54) is 12.8 Å². The summed E-state index contributed by atoms with van der Waals surface area (Å²) in [7, 11) is 0. The zero-order valence-electron chi connectivity index (χ0n) is 7.99. The number of dihydropyridines is 1. The molecule has 2 N–H and O–H groups in total. The molecule has 0 radical (unpaired) electrons. The first kappa shape index (κ1) is 9.12. The van der Waals surface area contributed by atoms with Crippen molar-refractivity contribution < 1.29 is 9.90 Å². The van der Waals surface area contributed by atoms with E-state index in [-0.39, 0.29) is 0 Å². The van der Waals surface area contributed by atoms with Crippen LogP contribution in [0.4, 0.5) is 0 Å². The van der Waals surface area contributed by atoms with Crippen LogP contribution < -0.4 is 5.32 Å². The van der Waals surface area contributed by atoms with Crippen molar-refractivity contribution in [1.29, 1.82) is 0 Å². The van der Waals surface area contributed by atoms with Gasteiger partial charge in [0.25, 0.3) is 0 Å². The maximum Gasteiger partial charge on any atom is 0.333 e. The number of carboxylic acid groups (broad SMARTS) is 1. The van der Waals surface area contributed by atoms with Crippen molar-refractivity contribution in [2.24, 2.45) is 0 Å². The smallest absolute Gasteiger partial charge is 0.333 e. The lowest BCUT2D eigenvalue weighted by Crippen LogP contribution is -2.33. The number of aliphatic carboxylic acids is 1. The lowest BCUT2D eigenvalue weighted by atomic mass is 10.2. The first-order valence-corrected chi connectivity index (χ1v) is 4.90. The topological polar surface area (TPSA) is 52.6 Å². The van der Waals surface area contributed by atoms with Gasteiger partial charge >= 0.3 is 5.97 Å². The van der Waals surface area contributed by atoms with Crippen molar-refractivity contribution in [3.63, 3.8) is 0 Å². The Hall–Kier alpha value is -1.45. The highest BCUT2D eigenvalue weighted by Gasteiger charge is 2.18. The van der Waals surface area contributed by atoms with E-state index < -0.39 is 5.97 Å². The lowest BCUT2D eigenvalue weighted by molar-refractivity contribution is -0.132. The van der Waals surface area contributed by atoms with Gasteiger partial charge < -0.3 is 15.3 Å². The van der Waals surface area contributed by atoms with Gasteiger partial charge in [-0.2, -0.15) is 0 Å². The normalized spacial score (nSPS) is 21.3. The van der Waals surface area contributed by atoms with Crippen LogP contribution in [0.25, 0.3) is 0 Å². The minimum absolute atomic E-state index is 0.424. The van der Waals surface area contributed by atoms with Gasteiger partial charge in [0.1, 0.15) is 5.82 Å². The summed E-state index contributed by atoms with van der Waals surface area (Å²) in [5, 5.41) is 11.9. The van der Waals surface area contributed by atoms with E-state index in [1.807, 2.05) is 6.08 Å². The zero-order valence-corrected chi connectivity index (χ0v) is 7.99. The monoisotopic (exact) mass is 194 g/mol. The van der Waals surface area contributed by atoms with E-state index >= 15 is 0 Å². The molecule has 1 fully saturated rings. The molecule has 4 heteroatoms. The fourth-order valence-electron chi connectivity index (χ4n) is 1.81. The highest BCUT2D eigenvalue weighted by Crippen LogP contribution is 2.15. The molecule has 2 heterocycles. The Morgan fingerprint density at radius 2 is 2.07 bits per heavy atom. The van der Waals surface area contributed by atoms with E-state index in [9.17, 15) is 4.79 Å². The van der Waals surface area contributed by atoms with Crippen LogP contribution in [0.15, 0.2) is 23.5 Å². The van der Waals surface area contributed by atoms with Crippen LogP contribution in [-0.2, 0) is 4.79 Å². The number of carboxylic acids is 1. The van der Waals surface area contributed by atoms with Crippen molar-refractivity contribution in [3.05, 3.63) is 23.5 Å². The van der Waals surface area contributed by atoms with Crippen molar-refractivity contribution in [3.8, 4) is 0 Å². The number of rotatable bonds is 2. The van der Waals surface area contributed by atoms with Crippen LogP contribution in [0.1, 0.15) is 12.8 Å². The molecule has 0 saturated carbocycles. The average molecular weight is 194 g/mol. The quantitative estimate of drug-likeness (QED) is 0.673. The molecule has 2 aliphatic rings. The minimum atomic E-state index is -0.839. The van der Waals surface area contributed by atoms with Crippen molar-refractivity contribution >= 4 is 5.97 Å². The molecule has 76 valence electrons. The predicted octanol–water partition coefficient (Wildman–Crippen LogP) is 0.538. The molecule has 0 aromatic heterocycles. The Labute approximate surface area is 82.9 Å². The van der Waals surface area contributed by atoms with Crippen molar-refractivity contribution in [1.82, 2.24) is 10.2 Å². The average Bonchev–Trinajstić information content (AvgIpc) is 2.71. The van der Waals surface area contributed by atoms with E-state index in [0.29, 0.717) is 12.1 Å². The van der Waals surface area contributed by atoms with Gasteiger partial charge in [-0.05, 0) is 25.0 Å². The molecule has 0 bridgehead atoms. The number of nitrogens with zero attached hydrogens (tertiary/aromatic N) is 1. The Morgan fingerprint density at radius 1 is 1.36 bits per heavy atom. The zero-order chi connectivity index (χ0) is 9.97. The van der Waals surface area contributed by atoms with Crippen molar-refractivity contribution in [2.45, 2.75) is 12.8 Å². The highest BCUT2D eigenvalue weighted by atomic mass is 16.4. The van der Waals surface area contributed by atoms with Gasteiger partial charge in [0.05, 0.1) is 5.57 Å². The molecular formula is C10H14N2O2. The summed E-state index contributed by atoms with van der Waals surface area (Å²) < 4.78 is 0. The number of carbonyl (C=O) groups is 1. The second-order valence-electron chi connectivity index (χ2n) is 3.60. The maximum absolute atomic E-state index is 10.6. The largest absolute Gasteiger partial charge is 0.478 e. The molecule has 0 aromatic carbocycles. The van der Waals surface area contributed by atoms with Crippen LogP contribution in [-0.4, -0.2) is 35.6 Å². The van der Waals surface area contributed by atoms with Gasteiger partial charge in [0.15, 0.2) is 0 Å². The number of allylic oxidation sites excluding steroid dienone is 2. The van der Waals surface area contributed by atoms with E-state index in [2.05, 4.69) is 10.2 Å². The van der Waals surface area contributed by atoms with Gasteiger partial charge in [-0.3, -0.25) is 0 Å². The summed E-state index contributed by atoms with van der Waals surface area (Å²) in [6.45, 7) is 2.59. The van der Waals surface area contributed by atoms with Gasteiger partial charge in [0, 0.05) is 19.6 Å². The Morgan fingerprint density at radius 3 is 2.57 bits per heavy atom. The third-order valence-electron chi connectivity index (χ3n) is 2.62. The first-order valence-electron chi connectivity index (χ1n) is 4.90. The number of hydrogen-bond acceptors (Lipinski definition) is 3. The molecule has 1 saturated heterocycles. The molecule has 2 rings (SSSR count). The van der Waals surface area contributed by atoms with Crippen molar-refractivity contribution in [2.75, 3.05) is 19.6 Å². The summed E-state index contributed by atoms with van der Waals surface area (Å²) in [6.07, 6.45) is 6.01. The van der Waals surface area contributed by atoms with Gasteiger partial charge in [-0.1, -0.05) is 0 Å². The summed E-state index contributed by atoms with van der Waals surface area (Å²) in [6, 6.07) is 0. The van der Waals surface area contributed by atoms with E-state index in [1.54, 1.807) is 6.08 Å². The van der Waals surface area contributed by atoms with Gasteiger partial charge in [-0.25, -0.2) is 4.79 Å². The molecule has 0 unspecified atom stereocenters. The minimum Gasteiger partial charge on any atom is -0.478 e. The van der Waals surface area contributed by atoms with Gasteiger partial charge in [0.2, 0.25) is 0 Å². The van der Waals surface area contributed by atoms with Crippen LogP contribution in [0.2, 0.25) is 0 Å². The first-order chi connectivity index (χ1) is 6.77. The standard InChI is InChI=1S/C10H14N2O2/c13-10(14)8-3-4-9(11-7-8)12-5-1-2-6-12/h3-4,11H,1-2,5-7H2,(H,13,14). The molecule has 0 atom stereocenters. The fourth-order valence-corrected chi connectivity index (χ4v) is 1.81. The van der Waals surface area contributed by atoms with E-state index in [0.717, 1.165) is 18.9 Å². The molecule has 0 amide bonds. The molecule has 2 aliphatic heterocycles. The number of nitrogens with one attached hydrogen (secondary N) is 1. The number of likely N-dealkylation sites (tertiary alicyclic amines) is 1. The SMILES string of the molecule is O=C(O)C1=CC=C(N2CCCC2)NC1.